The fourth-order valence-corrected chi connectivity index (χ4v) is 3.42. The fraction of sp³-hybridized carbons (Fsp3) is 0.316. The lowest BCUT2D eigenvalue weighted by Crippen LogP contribution is -2.49. The third kappa shape index (κ3) is 3.44. The largest absolute Gasteiger partial charge is 0.367 e. The summed E-state index contributed by atoms with van der Waals surface area (Å²) in [7, 11) is 1.77. The van der Waals surface area contributed by atoms with Crippen LogP contribution in [0.15, 0.2) is 30.5 Å². The Hall–Kier alpha value is -2.78. The Morgan fingerprint density at radius 1 is 1.15 bits per heavy atom. The van der Waals surface area contributed by atoms with Crippen molar-refractivity contribution >= 4 is 29.0 Å². The number of piperazine rings is 1. The highest BCUT2D eigenvalue weighted by Crippen LogP contribution is 2.28. The highest BCUT2D eigenvalue weighted by molar-refractivity contribution is 6.33. The normalized spacial score (nSPS) is 14.2. The summed E-state index contributed by atoms with van der Waals surface area (Å²) in [5.74, 6) is -0.134. The van der Waals surface area contributed by atoms with Crippen LogP contribution in [0.2, 0.25) is 5.02 Å². The smallest absolute Gasteiger partial charge is 0.270 e. The van der Waals surface area contributed by atoms with Gasteiger partial charge in [0.15, 0.2) is 5.78 Å². The Labute approximate surface area is 157 Å². The Balaban J connectivity index is 1.70. The zero-order valence-electron chi connectivity index (χ0n) is 14.7. The van der Waals surface area contributed by atoms with Crippen LogP contribution in [-0.2, 0) is 7.05 Å². The monoisotopic (exact) mass is 370 g/mol. The second kappa shape index (κ2) is 7.22. The van der Waals surface area contributed by atoms with Gasteiger partial charge in [-0.15, -0.1) is 0 Å². The lowest BCUT2D eigenvalue weighted by atomic mass is 10.2. The van der Waals surface area contributed by atoms with Crippen LogP contribution in [0.4, 0.5) is 5.69 Å². The number of nitriles is 1. The molecule has 3 rings (SSSR count). The number of ketones is 1. The number of hydrogen-bond donors (Lipinski definition) is 0. The average Bonchev–Trinajstić information content (AvgIpc) is 3.03. The van der Waals surface area contributed by atoms with Crippen molar-refractivity contribution in [2.75, 3.05) is 31.1 Å². The molecule has 1 aliphatic heterocycles. The summed E-state index contributed by atoms with van der Waals surface area (Å²) in [5.41, 5.74) is 2.45. The maximum absolute atomic E-state index is 12.8. The molecule has 0 atom stereocenters. The van der Waals surface area contributed by atoms with Crippen LogP contribution in [0.5, 0.6) is 0 Å². The van der Waals surface area contributed by atoms with Gasteiger partial charge in [-0.25, -0.2) is 0 Å². The molecule has 0 radical (unpaired) electrons. The van der Waals surface area contributed by atoms with E-state index in [1.54, 1.807) is 40.9 Å². The minimum absolute atomic E-state index is 0.0556. The van der Waals surface area contributed by atoms with Gasteiger partial charge in [0.1, 0.15) is 5.69 Å². The number of rotatable bonds is 3. The summed E-state index contributed by atoms with van der Waals surface area (Å²) >= 11 is 6.28. The van der Waals surface area contributed by atoms with E-state index in [9.17, 15) is 9.59 Å². The van der Waals surface area contributed by atoms with Crippen molar-refractivity contribution in [3.8, 4) is 6.07 Å². The third-order valence-corrected chi connectivity index (χ3v) is 4.92. The third-order valence-electron chi connectivity index (χ3n) is 4.61. The first-order valence-corrected chi connectivity index (χ1v) is 8.69. The fourth-order valence-electron chi connectivity index (χ4n) is 3.12. The first kappa shape index (κ1) is 18.0. The molecule has 2 aromatic rings. The summed E-state index contributed by atoms with van der Waals surface area (Å²) in [6.45, 7) is 3.93. The van der Waals surface area contributed by atoms with Crippen LogP contribution in [0.3, 0.4) is 0 Å². The van der Waals surface area contributed by atoms with Gasteiger partial charge in [0.05, 0.1) is 22.3 Å². The van der Waals surface area contributed by atoms with Gasteiger partial charge in [0, 0.05) is 45.0 Å². The van der Waals surface area contributed by atoms with Crippen molar-refractivity contribution in [1.29, 1.82) is 5.26 Å². The Morgan fingerprint density at radius 2 is 1.85 bits per heavy atom. The molecule has 1 aromatic heterocycles. The average molecular weight is 371 g/mol. The van der Waals surface area contributed by atoms with Crippen molar-refractivity contribution in [3.63, 3.8) is 0 Å². The number of nitrogens with zero attached hydrogens (tertiary/aromatic N) is 4. The first-order valence-electron chi connectivity index (χ1n) is 8.32. The lowest BCUT2D eigenvalue weighted by Gasteiger charge is -2.36. The van der Waals surface area contributed by atoms with Crippen LogP contribution < -0.4 is 4.90 Å². The molecule has 6 nitrogen and oxygen atoms in total. The van der Waals surface area contributed by atoms with E-state index in [-0.39, 0.29) is 11.7 Å². The summed E-state index contributed by atoms with van der Waals surface area (Å²) < 4.78 is 1.70. The number of amides is 1. The van der Waals surface area contributed by atoms with Gasteiger partial charge in [0.25, 0.3) is 5.91 Å². The molecule has 26 heavy (non-hydrogen) atoms. The highest BCUT2D eigenvalue weighted by Gasteiger charge is 2.25. The summed E-state index contributed by atoms with van der Waals surface area (Å²) in [4.78, 5) is 28.2. The molecule has 1 saturated heterocycles. The minimum atomic E-state index is -0.0782. The van der Waals surface area contributed by atoms with E-state index in [2.05, 4.69) is 11.0 Å². The molecule has 1 aliphatic rings. The van der Waals surface area contributed by atoms with Crippen molar-refractivity contribution in [1.82, 2.24) is 9.47 Å². The zero-order chi connectivity index (χ0) is 18.8. The molecule has 0 bridgehead atoms. The van der Waals surface area contributed by atoms with E-state index in [0.29, 0.717) is 48.0 Å². The quantitative estimate of drug-likeness (QED) is 0.779. The van der Waals surface area contributed by atoms with Gasteiger partial charge < -0.3 is 14.4 Å². The van der Waals surface area contributed by atoms with Gasteiger partial charge in [-0.3, -0.25) is 9.59 Å². The number of carbonyl (C=O) groups is 2. The van der Waals surface area contributed by atoms with E-state index < -0.39 is 0 Å². The lowest BCUT2D eigenvalue weighted by molar-refractivity contribution is 0.0737. The Bertz CT molecular complexity index is 905. The van der Waals surface area contributed by atoms with Crippen LogP contribution in [0.25, 0.3) is 0 Å². The van der Waals surface area contributed by atoms with Crippen molar-refractivity contribution in [3.05, 3.63) is 52.3 Å². The number of benzene rings is 1. The standard InChI is InChI=1S/C19H19ClN4O2/c1-13(25)15-10-18(22(2)12-15)19(26)24-7-5-23(6-8-24)17-4-3-14(11-21)9-16(17)20/h3-4,9-10,12H,5-8H2,1-2H3. The van der Waals surface area contributed by atoms with E-state index in [1.165, 1.54) is 6.92 Å². The molecule has 0 aliphatic carbocycles. The maximum Gasteiger partial charge on any atom is 0.270 e. The second-order valence-electron chi connectivity index (χ2n) is 6.34. The maximum atomic E-state index is 12.8. The van der Waals surface area contributed by atoms with E-state index >= 15 is 0 Å². The molecule has 7 heteroatoms. The molecular formula is C19H19ClN4O2. The van der Waals surface area contributed by atoms with Crippen molar-refractivity contribution in [2.45, 2.75) is 6.92 Å². The van der Waals surface area contributed by atoms with Crippen LogP contribution in [0, 0.1) is 11.3 Å². The molecule has 0 saturated carbocycles. The van der Waals surface area contributed by atoms with Crippen LogP contribution >= 0.6 is 11.6 Å². The Morgan fingerprint density at radius 3 is 2.38 bits per heavy atom. The van der Waals surface area contributed by atoms with Crippen molar-refractivity contribution in [2.24, 2.45) is 7.05 Å². The molecule has 2 heterocycles. The van der Waals surface area contributed by atoms with E-state index in [4.69, 9.17) is 16.9 Å². The van der Waals surface area contributed by atoms with Crippen LogP contribution in [0.1, 0.15) is 33.3 Å². The molecular weight excluding hydrogens is 352 g/mol. The SMILES string of the molecule is CC(=O)c1cc(C(=O)N2CCN(c3ccc(C#N)cc3Cl)CC2)n(C)c1. The molecule has 0 N–H and O–H groups in total. The first-order chi connectivity index (χ1) is 12.4. The van der Waals surface area contributed by atoms with E-state index in [0.717, 1.165) is 5.69 Å². The van der Waals surface area contributed by atoms with Gasteiger partial charge >= 0.3 is 0 Å². The number of hydrogen-bond acceptors (Lipinski definition) is 4. The predicted octanol–water partition coefficient (Wildman–Crippen LogP) is 2.72. The Kier molecular flexibility index (Phi) is 5.01. The van der Waals surface area contributed by atoms with Gasteiger partial charge in [-0.05, 0) is 31.2 Å². The molecule has 134 valence electrons. The topological polar surface area (TPSA) is 69.3 Å². The van der Waals surface area contributed by atoms with Gasteiger partial charge in [-0.1, -0.05) is 11.6 Å². The zero-order valence-corrected chi connectivity index (χ0v) is 15.5. The number of anilines is 1. The summed E-state index contributed by atoms with van der Waals surface area (Å²) in [6, 6.07) is 8.96. The molecule has 1 fully saturated rings. The predicted molar refractivity (Wildman–Crippen MR) is 99.7 cm³/mol. The number of Topliss-reactive ketones (excluding diaryl/α,β-unsaturated/α-hetero) is 1. The molecule has 1 amide bonds. The number of aromatic nitrogens is 1. The molecule has 1 aromatic carbocycles. The van der Waals surface area contributed by atoms with Crippen molar-refractivity contribution < 1.29 is 9.59 Å². The number of carbonyl (C=O) groups excluding carboxylic acids is 2. The van der Waals surface area contributed by atoms with Gasteiger partial charge in [-0.2, -0.15) is 5.26 Å². The molecule has 0 spiro atoms. The number of halogens is 1. The van der Waals surface area contributed by atoms with Gasteiger partial charge in [0.2, 0.25) is 0 Å². The summed E-state index contributed by atoms with van der Waals surface area (Å²) in [5, 5.41) is 9.48. The molecule has 0 unspecified atom stereocenters. The second-order valence-corrected chi connectivity index (χ2v) is 6.75. The highest BCUT2D eigenvalue weighted by atomic mass is 35.5. The number of aryl methyl sites for hydroxylation is 1. The minimum Gasteiger partial charge on any atom is -0.367 e. The van der Waals surface area contributed by atoms with Crippen LogP contribution in [-0.4, -0.2) is 47.3 Å². The summed E-state index contributed by atoms with van der Waals surface area (Å²) in [6.07, 6.45) is 1.68. The van der Waals surface area contributed by atoms with E-state index in [1.807, 2.05) is 6.07 Å².